The fraction of sp³-hybridized carbons (Fsp3) is 0.474. The van der Waals surface area contributed by atoms with Crippen LogP contribution >= 0.6 is 0 Å². The minimum Gasteiger partial charge on any atom is -0.491 e. The maximum absolute atomic E-state index is 12.7. The summed E-state index contributed by atoms with van der Waals surface area (Å²) in [5, 5.41) is 0. The summed E-state index contributed by atoms with van der Waals surface area (Å²) in [6, 6.07) is 5.47. The van der Waals surface area contributed by atoms with E-state index in [1.807, 2.05) is 17.0 Å². The molecule has 6 nitrogen and oxygen atoms in total. The Hall–Kier alpha value is -2.34. The maximum Gasteiger partial charge on any atom is 0.257 e. The molecule has 2 aromatic heterocycles. The van der Waals surface area contributed by atoms with E-state index in [0.717, 1.165) is 31.6 Å². The van der Waals surface area contributed by atoms with Gasteiger partial charge in [0.05, 0.1) is 30.7 Å². The Bertz CT molecular complexity index is 703. The Morgan fingerprint density at radius 2 is 2.40 bits per heavy atom. The third-order valence-corrected chi connectivity index (χ3v) is 5.20. The van der Waals surface area contributed by atoms with Gasteiger partial charge < -0.3 is 18.8 Å². The number of carbonyl (C=O) groups is 1. The number of piperidine rings is 1. The zero-order valence-corrected chi connectivity index (χ0v) is 14.1. The number of nitrogens with zero attached hydrogens (tertiary/aromatic N) is 2. The summed E-state index contributed by atoms with van der Waals surface area (Å²) in [5.41, 5.74) is 0.421. The van der Waals surface area contributed by atoms with Crippen LogP contribution in [0.3, 0.4) is 0 Å². The van der Waals surface area contributed by atoms with E-state index >= 15 is 0 Å². The smallest absolute Gasteiger partial charge is 0.257 e. The van der Waals surface area contributed by atoms with Crippen LogP contribution < -0.4 is 4.74 Å². The van der Waals surface area contributed by atoms with E-state index < -0.39 is 0 Å². The monoisotopic (exact) mass is 342 g/mol. The first-order valence-corrected chi connectivity index (χ1v) is 8.73. The van der Waals surface area contributed by atoms with Crippen molar-refractivity contribution < 1.29 is 18.7 Å². The van der Waals surface area contributed by atoms with Crippen LogP contribution in [0.2, 0.25) is 0 Å². The van der Waals surface area contributed by atoms with Crippen molar-refractivity contribution >= 4 is 5.91 Å². The van der Waals surface area contributed by atoms with Gasteiger partial charge in [-0.05, 0) is 37.5 Å². The second-order valence-corrected chi connectivity index (χ2v) is 6.83. The van der Waals surface area contributed by atoms with Gasteiger partial charge in [-0.2, -0.15) is 0 Å². The SMILES string of the molecule is O=C(c1ccoc1)N1CCC2OCCCC2(COc2cccnc2)C1. The Morgan fingerprint density at radius 1 is 1.44 bits per heavy atom. The Balaban J connectivity index is 1.51. The topological polar surface area (TPSA) is 64.8 Å². The lowest BCUT2D eigenvalue weighted by molar-refractivity contribution is -0.133. The molecule has 2 saturated heterocycles. The van der Waals surface area contributed by atoms with Crippen LogP contribution in [0.1, 0.15) is 29.6 Å². The molecule has 0 N–H and O–H groups in total. The molecule has 0 radical (unpaired) electrons. The van der Waals surface area contributed by atoms with Crippen LogP contribution in [-0.2, 0) is 4.74 Å². The maximum atomic E-state index is 12.7. The molecule has 0 aliphatic carbocycles. The number of hydrogen-bond acceptors (Lipinski definition) is 5. The van der Waals surface area contributed by atoms with Crippen molar-refractivity contribution in [3.63, 3.8) is 0 Å². The zero-order chi connectivity index (χ0) is 17.1. The molecule has 2 aliphatic heterocycles. The van der Waals surface area contributed by atoms with E-state index in [2.05, 4.69) is 4.98 Å². The second kappa shape index (κ2) is 6.88. The van der Waals surface area contributed by atoms with E-state index in [1.165, 1.54) is 12.5 Å². The van der Waals surface area contributed by atoms with Gasteiger partial charge in [-0.15, -0.1) is 0 Å². The van der Waals surface area contributed by atoms with E-state index in [0.29, 0.717) is 25.3 Å². The van der Waals surface area contributed by atoms with Crippen molar-refractivity contribution in [1.82, 2.24) is 9.88 Å². The van der Waals surface area contributed by atoms with Crippen molar-refractivity contribution in [3.8, 4) is 5.75 Å². The van der Waals surface area contributed by atoms with Crippen LogP contribution in [0.15, 0.2) is 47.5 Å². The van der Waals surface area contributed by atoms with Gasteiger partial charge in [0, 0.05) is 31.3 Å². The Labute approximate surface area is 146 Å². The van der Waals surface area contributed by atoms with Gasteiger partial charge in [-0.1, -0.05) is 0 Å². The van der Waals surface area contributed by atoms with Gasteiger partial charge in [0.15, 0.2) is 0 Å². The van der Waals surface area contributed by atoms with Crippen LogP contribution in [0.5, 0.6) is 5.75 Å². The highest BCUT2D eigenvalue weighted by Crippen LogP contribution is 2.41. The average Bonchev–Trinajstić information content (AvgIpc) is 3.21. The van der Waals surface area contributed by atoms with E-state index in [4.69, 9.17) is 13.9 Å². The number of carbonyl (C=O) groups excluding carboxylic acids is 1. The van der Waals surface area contributed by atoms with Gasteiger partial charge in [-0.3, -0.25) is 9.78 Å². The molecule has 2 unspecified atom stereocenters. The number of rotatable bonds is 4. The van der Waals surface area contributed by atoms with Crippen LogP contribution in [0.25, 0.3) is 0 Å². The second-order valence-electron chi connectivity index (χ2n) is 6.83. The lowest BCUT2D eigenvalue weighted by atomic mass is 9.73. The molecule has 25 heavy (non-hydrogen) atoms. The molecule has 2 aromatic rings. The van der Waals surface area contributed by atoms with Crippen molar-refractivity contribution in [1.29, 1.82) is 0 Å². The molecular weight excluding hydrogens is 320 g/mol. The number of pyridine rings is 1. The van der Waals surface area contributed by atoms with Gasteiger partial charge in [0.2, 0.25) is 0 Å². The lowest BCUT2D eigenvalue weighted by Gasteiger charge is -2.50. The number of aromatic nitrogens is 1. The van der Waals surface area contributed by atoms with Crippen LogP contribution in [-0.4, -0.2) is 48.2 Å². The van der Waals surface area contributed by atoms with Crippen molar-refractivity contribution in [3.05, 3.63) is 48.7 Å². The molecule has 2 aliphatic rings. The van der Waals surface area contributed by atoms with E-state index in [9.17, 15) is 4.79 Å². The molecule has 2 atom stereocenters. The van der Waals surface area contributed by atoms with Crippen molar-refractivity contribution in [2.75, 3.05) is 26.3 Å². The number of hydrogen-bond donors (Lipinski definition) is 0. The lowest BCUT2D eigenvalue weighted by Crippen LogP contribution is -2.58. The van der Waals surface area contributed by atoms with E-state index in [1.54, 1.807) is 18.5 Å². The van der Waals surface area contributed by atoms with Gasteiger partial charge in [0.1, 0.15) is 12.0 Å². The Kier molecular flexibility index (Phi) is 4.44. The highest BCUT2D eigenvalue weighted by Gasteiger charge is 2.47. The average molecular weight is 342 g/mol. The van der Waals surface area contributed by atoms with Crippen LogP contribution in [0.4, 0.5) is 0 Å². The summed E-state index contributed by atoms with van der Waals surface area (Å²) in [4.78, 5) is 18.7. The third kappa shape index (κ3) is 3.26. The predicted molar refractivity (Wildman–Crippen MR) is 90.4 cm³/mol. The fourth-order valence-electron chi connectivity index (χ4n) is 3.90. The summed E-state index contributed by atoms with van der Waals surface area (Å²) >= 11 is 0. The minimum atomic E-state index is -0.175. The summed E-state index contributed by atoms with van der Waals surface area (Å²) < 4.78 is 17.1. The highest BCUT2D eigenvalue weighted by molar-refractivity contribution is 5.93. The first kappa shape index (κ1) is 16.1. The summed E-state index contributed by atoms with van der Waals surface area (Å²) in [6.07, 6.45) is 9.42. The van der Waals surface area contributed by atoms with Gasteiger partial charge in [-0.25, -0.2) is 0 Å². The molecule has 4 heterocycles. The summed E-state index contributed by atoms with van der Waals surface area (Å²) in [6.45, 7) is 2.65. The molecule has 132 valence electrons. The summed E-state index contributed by atoms with van der Waals surface area (Å²) in [7, 11) is 0. The zero-order valence-electron chi connectivity index (χ0n) is 14.1. The molecule has 0 spiro atoms. The molecule has 0 aromatic carbocycles. The minimum absolute atomic E-state index is 0.0125. The first-order chi connectivity index (χ1) is 12.3. The first-order valence-electron chi connectivity index (χ1n) is 8.73. The predicted octanol–water partition coefficient (Wildman–Crippen LogP) is 2.76. The molecule has 4 rings (SSSR count). The Morgan fingerprint density at radius 3 is 3.20 bits per heavy atom. The van der Waals surface area contributed by atoms with Crippen LogP contribution in [0, 0.1) is 5.41 Å². The molecule has 6 heteroatoms. The quantitative estimate of drug-likeness (QED) is 0.855. The number of fused-ring (bicyclic) bond motifs is 1. The molecule has 2 fully saturated rings. The molecular formula is C19H22N2O4. The van der Waals surface area contributed by atoms with Crippen molar-refractivity contribution in [2.24, 2.45) is 5.41 Å². The normalized spacial score (nSPS) is 26.1. The number of furan rings is 1. The molecule has 1 amide bonds. The largest absolute Gasteiger partial charge is 0.491 e. The van der Waals surface area contributed by atoms with E-state index in [-0.39, 0.29) is 17.4 Å². The standard InChI is InChI=1S/C19H22N2O4/c22-18(15-5-10-23-12-15)21-8-4-17-19(13-21,6-2-9-24-17)14-25-16-3-1-7-20-11-16/h1,3,5,7,10-12,17H,2,4,6,8-9,13-14H2. The number of amides is 1. The molecule has 0 bridgehead atoms. The third-order valence-electron chi connectivity index (χ3n) is 5.20. The van der Waals surface area contributed by atoms with Crippen molar-refractivity contribution in [2.45, 2.75) is 25.4 Å². The molecule has 0 saturated carbocycles. The highest BCUT2D eigenvalue weighted by atomic mass is 16.5. The summed E-state index contributed by atoms with van der Waals surface area (Å²) in [5.74, 6) is 0.762. The van der Waals surface area contributed by atoms with Gasteiger partial charge >= 0.3 is 0 Å². The van der Waals surface area contributed by atoms with Gasteiger partial charge in [0.25, 0.3) is 5.91 Å². The number of ether oxygens (including phenoxy) is 2. The fourth-order valence-corrected chi connectivity index (χ4v) is 3.90. The number of likely N-dealkylation sites (tertiary alicyclic amines) is 1.